The van der Waals surface area contributed by atoms with Crippen LogP contribution in [0.1, 0.15) is 38.5 Å². The minimum absolute atomic E-state index is 0.397. The van der Waals surface area contributed by atoms with Crippen LogP contribution in [0.2, 0.25) is 0 Å². The molecule has 4 nitrogen and oxygen atoms in total. The molecule has 0 aromatic rings. The lowest BCUT2D eigenvalue weighted by Gasteiger charge is -2.41. The van der Waals surface area contributed by atoms with Crippen LogP contribution in [0.25, 0.3) is 0 Å². The first-order valence-electron chi connectivity index (χ1n) is 8.33. The molecule has 0 aromatic heterocycles. The van der Waals surface area contributed by atoms with E-state index in [2.05, 4.69) is 0 Å². The van der Waals surface area contributed by atoms with Crippen molar-refractivity contribution >= 4 is 0 Å². The largest absolute Gasteiger partial charge is 0.375 e. The lowest BCUT2D eigenvalue weighted by Crippen LogP contribution is -2.37. The van der Waals surface area contributed by atoms with Gasteiger partial charge in [0.15, 0.2) is 0 Å². The van der Waals surface area contributed by atoms with Crippen molar-refractivity contribution in [1.29, 1.82) is 0 Å². The molecule has 2 heterocycles. The quantitative estimate of drug-likeness (QED) is 0.700. The molecule has 4 aliphatic rings. The van der Waals surface area contributed by atoms with Gasteiger partial charge in [0.1, 0.15) is 12.2 Å². The highest BCUT2D eigenvalue weighted by molar-refractivity contribution is 4.87. The van der Waals surface area contributed by atoms with Crippen molar-refractivity contribution < 1.29 is 18.9 Å². The Bertz CT molecular complexity index is 296. The lowest BCUT2D eigenvalue weighted by molar-refractivity contribution is -0.0561. The van der Waals surface area contributed by atoms with Gasteiger partial charge in [-0.2, -0.15) is 0 Å². The topological polar surface area (TPSA) is 43.5 Å². The molecule has 114 valence electrons. The third kappa shape index (κ3) is 3.53. The normalized spacial score (nSPS) is 46.8. The molecule has 0 aromatic carbocycles. The van der Waals surface area contributed by atoms with Crippen LogP contribution < -0.4 is 0 Å². The summed E-state index contributed by atoms with van der Waals surface area (Å²) in [5, 5.41) is 0. The predicted molar refractivity (Wildman–Crippen MR) is 73.6 cm³/mol. The Labute approximate surface area is 121 Å². The van der Waals surface area contributed by atoms with E-state index in [0.29, 0.717) is 24.4 Å². The maximum atomic E-state index is 6.01. The van der Waals surface area contributed by atoms with Gasteiger partial charge in [0, 0.05) is 0 Å². The Balaban J connectivity index is 1.23. The average molecular weight is 282 g/mol. The standard InChI is InChI=1S/C16H26O4/c1-3-13(17-7-15-9-19-15)5-12-6-14(4-2-11(1)12)18-8-16-10-20-16/h11-16H,1-10H2. The summed E-state index contributed by atoms with van der Waals surface area (Å²) in [6.45, 7) is 3.41. The zero-order valence-electron chi connectivity index (χ0n) is 12.2. The van der Waals surface area contributed by atoms with Gasteiger partial charge in [-0.25, -0.2) is 0 Å². The highest BCUT2D eigenvalue weighted by atomic mass is 16.6. The van der Waals surface area contributed by atoms with Crippen LogP contribution in [0, 0.1) is 11.8 Å². The van der Waals surface area contributed by atoms with E-state index in [1.807, 2.05) is 0 Å². The molecule has 2 aliphatic heterocycles. The maximum Gasteiger partial charge on any atom is 0.104 e. The van der Waals surface area contributed by atoms with Crippen LogP contribution in [-0.2, 0) is 18.9 Å². The molecule has 0 N–H and O–H groups in total. The molecule has 20 heavy (non-hydrogen) atoms. The van der Waals surface area contributed by atoms with E-state index in [4.69, 9.17) is 18.9 Å². The molecule has 0 radical (unpaired) electrons. The SMILES string of the molecule is C1CC2CCC(OCC3CO3)CC2CC1OCC1CO1. The molecule has 0 amide bonds. The van der Waals surface area contributed by atoms with Gasteiger partial charge in [-0.05, 0) is 50.4 Å². The Morgan fingerprint density at radius 1 is 0.700 bits per heavy atom. The maximum absolute atomic E-state index is 6.01. The molecule has 2 saturated carbocycles. The number of hydrogen-bond acceptors (Lipinski definition) is 4. The number of hydrogen-bond donors (Lipinski definition) is 0. The monoisotopic (exact) mass is 282 g/mol. The average Bonchev–Trinajstić information content (AvgIpc) is 3.37. The van der Waals surface area contributed by atoms with Crippen molar-refractivity contribution in [2.75, 3.05) is 26.4 Å². The first kappa shape index (κ1) is 13.5. The first-order chi connectivity index (χ1) is 9.87. The third-order valence-corrected chi connectivity index (χ3v) is 5.36. The second-order valence-electron chi connectivity index (χ2n) is 6.97. The fraction of sp³-hybridized carbons (Fsp3) is 1.00. The van der Waals surface area contributed by atoms with Crippen LogP contribution >= 0.6 is 0 Å². The molecule has 4 atom stereocenters. The van der Waals surface area contributed by atoms with E-state index in [1.165, 1.54) is 38.5 Å². The van der Waals surface area contributed by atoms with Gasteiger partial charge in [0.25, 0.3) is 0 Å². The van der Waals surface area contributed by atoms with Crippen molar-refractivity contribution in [2.45, 2.75) is 62.9 Å². The number of ether oxygens (including phenoxy) is 4. The minimum atomic E-state index is 0.397. The van der Waals surface area contributed by atoms with E-state index >= 15 is 0 Å². The van der Waals surface area contributed by atoms with Gasteiger partial charge in [-0.1, -0.05) is 0 Å². The van der Waals surface area contributed by atoms with Gasteiger partial charge < -0.3 is 18.9 Å². The minimum Gasteiger partial charge on any atom is -0.375 e. The number of fused-ring (bicyclic) bond motifs is 1. The Morgan fingerprint density at radius 3 is 1.65 bits per heavy atom. The van der Waals surface area contributed by atoms with Crippen molar-refractivity contribution in [1.82, 2.24) is 0 Å². The highest BCUT2D eigenvalue weighted by Crippen LogP contribution is 2.42. The summed E-state index contributed by atoms with van der Waals surface area (Å²) in [5.41, 5.74) is 0. The van der Waals surface area contributed by atoms with E-state index in [-0.39, 0.29) is 0 Å². The molecular formula is C16H26O4. The van der Waals surface area contributed by atoms with Crippen LogP contribution in [0.5, 0.6) is 0 Å². The zero-order chi connectivity index (χ0) is 13.4. The molecule has 0 bridgehead atoms. The molecule has 2 saturated heterocycles. The van der Waals surface area contributed by atoms with Crippen molar-refractivity contribution in [3.8, 4) is 0 Å². The molecule has 4 heteroatoms. The molecule has 4 fully saturated rings. The Kier molecular flexibility index (Phi) is 3.99. The fourth-order valence-corrected chi connectivity index (χ4v) is 3.93. The second kappa shape index (κ2) is 5.91. The van der Waals surface area contributed by atoms with Crippen molar-refractivity contribution in [3.63, 3.8) is 0 Å². The summed E-state index contributed by atoms with van der Waals surface area (Å²) >= 11 is 0. The van der Waals surface area contributed by atoms with Crippen LogP contribution in [0.3, 0.4) is 0 Å². The van der Waals surface area contributed by atoms with E-state index in [0.717, 1.165) is 38.3 Å². The smallest absolute Gasteiger partial charge is 0.104 e. The summed E-state index contributed by atoms with van der Waals surface area (Å²) in [6, 6.07) is 0. The summed E-state index contributed by atoms with van der Waals surface area (Å²) < 4.78 is 22.5. The van der Waals surface area contributed by atoms with Gasteiger partial charge >= 0.3 is 0 Å². The van der Waals surface area contributed by atoms with Gasteiger partial charge in [-0.3, -0.25) is 0 Å². The Hall–Kier alpha value is -0.160. The van der Waals surface area contributed by atoms with Crippen LogP contribution in [0.4, 0.5) is 0 Å². The molecule has 4 unspecified atom stereocenters. The van der Waals surface area contributed by atoms with Crippen LogP contribution in [0.15, 0.2) is 0 Å². The van der Waals surface area contributed by atoms with Crippen molar-refractivity contribution in [2.24, 2.45) is 11.8 Å². The third-order valence-electron chi connectivity index (χ3n) is 5.36. The summed E-state index contributed by atoms with van der Waals surface area (Å²) in [5.74, 6) is 1.73. The van der Waals surface area contributed by atoms with Gasteiger partial charge in [-0.15, -0.1) is 0 Å². The first-order valence-corrected chi connectivity index (χ1v) is 8.33. The predicted octanol–water partition coefficient (Wildman–Crippen LogP) is 2.15. The summed E-state index contributed by atoms with van der Waals surface area (Å²) in [6.07, 6.45) is 9.37. The molecular weight excluding hydrogens is 256 g/mol. The fourth-order valence-electron chi connectivity index (χ4n) is 3.93. The van der Waals surface area contributed by atoms with E-state index in [1.54, 1.807) is 0 Å². The number of rotatable bonds is 6. The zero-order valence-corrected chi connectivity index (χ0v) is 12.2. The summed E-state index contributed by atoms with van der Waals surface area (Å²) in [7, 11) is 0. The van der Waals surface area contributed by atoms with Gasteiger partial charge in [0.2, 0.25) is 0 Å². The van der Waals surface area contributed by atoms with Crippen LogP contribution in [-0.4, -0.2) is 50.8 Å². The molecule has 4 rings (SSSR count). The second-order valence-corrected chi connectivity index (χ2v) is 6.97. The Morgan fingerprint density at radius 2 is 1.20 bits per heavy atom. The summed E-state index contributed by atoms with van der Waals surface area (Å²) in [4.78, 5) is 0. The van der Waals surface area contributed by atoms with Gasteiger partial charge in [0.05, 0.1) is 38.6 Å². The van der Waals surface area contributed by atoms with E-state index in [9.17, 15) is 0 Å². The van der Waals surface area contributed by atoms with Crippen molar-refractivity contribution in [3.05, 3.63) is 0 Å². The molecule has 0 spiro atoms. The number of epoxide rings is 2. The molecule has 2 aliphatic carbocycles. The lowest BCUT2D eigenvalue weighted by atomic mass is 9.69. The highest BCUT2D eigenvalue weighted by Gasteiger charge is 2.37. The van der Waals surface area contributed by atoms with E-state index < -0.39 is 0 Å².